The van der Waals surface area contributed by atoms with Gasteiger partial charge in [0.2, 0.25) is 0 Å². The summed E-state index contributed by atoms with van der Waals surface area (Å²) >= 11 is 1.25. The molecule has 0 radical (unpaired) electrons. The van der Waals surface area contributed by atoms with Crippen LogP contribution < -0.4 is 11.1 Å². The van der Waals surface area contributed by atoms with Gasteiger partial charge in [-0.1, -0.05) is 19.8 Å². The van der Waals surface area contributed by atoms with Gasteiger partial charge in [-0.3, -0.25) is 20.8 Å². The maximum atomic E-state index is 8.58. The Labute approximate surface area is 225 Å². The van der Waals surface area contributed by atoms with E-state index in [-0.39, 0.29) is 12.0 Å². The van der Waals surface area contributed by atoms with E-state index in [0.717, 1.165) is 81.2 Å². The fourth-order valence-corrected chi connectivity index (χ4v) is 5.95. The van der Waals surface area contributed by atoms with Gasteiger partial charge in [0.15, 0.2) is 5.17 Å². The summed E-state index contributed by atoms with van der Waals surface area (Å²) in [7, 11) is 1.86. The lowest BCUT2D eigenvalue weighted by atomic mass is 9.90. The summed E-state index contributed by atoms with van der Waals surface area (Å²) in [5.41, 5.74) is 8.55. The molecule has 37 heavy (non-hydrogen) atoms. The van der Waals surface area contributed by atoms with E-state index in [1.54, 1.807) is 11.1 Å². The lowest BCUT2D eigenvalue weighted by Crippen LogP contribution is -2.43. The molecule has 1 saturated heterocycles. The molecule has 3 heterocycles. The Bertz CT molecular complexity index is 1030. The van der Waals surface area contributed by atoms with Crippen LogP contribution in [0.1, 0.15) is 39.0 Å². The zero-order valence-corrected chi connectivity index (χ0v) is 22.9. The van der Waals surface area contributed by atoms with E-state index in [2.05, 4.69) is 28.2 Å². The Morgan fingerprint density at radius 3 is 2.78 bits per heavy atom. The third-order valence-corrected chi connectivity index (χ3v) is 8.45. The van der Waals surface area contributed by atoms with Crippen molar-refractivity contribution in [3.05, 3.63) is 35.3 Å². The monoisotopic (exact) mass is 523 g/mol. The van der Waals surface area contributed by atoms with Crippen molar-refractivity contribution in [1.82, 2.24) is 15.1 Å². The first-order valence-corrected chi connectivity index (χ1v) is 14.3. The van der Waals surface area contributed by atoms with E-state index >= 15 is 0 Å². The fraction of sp³-hybridized carbons (Fsp3) is 0.593. The fourth-order valence-electron chi connectivity index (χ4n) is 5.11. The molecule has 0 spiro atoms. The molecule has 1 saturated carbocycles. The Morgan fingerprint density at radius 2 is 2.05 bits per heavy atom. The van der Waals surface area contributed by atoms with E-state index in [0.29, 0.717) is 16.1 Å². The Hall–Kier alpha value is -2.56. The number of nitrogens with two attached hydrogens (primary N) is 1. The van der Waals surface area contributed by atoms with Gasteiger partial charge in [-0.15, -0.1) is 0 Å². The van der Waals surface area contributed by atoms with Crippen molar-refractivity contribution in [1.29, 1.82) is 10.8 Å². The molecule has 2 atom stereocenters. The summed E-state index contributed by atoms with van der Waals surface area (Å²) in [4.78, 5) is 18.5. The molecule has 5 N–H and O–H groups in total. The summed E-state index contributed by atoms with van der Waals surface area (Å²) < 4.78 is 0. The van der Waals surface area contributed by atoms with Crippen LogP contribution in [0, 0.1) is 22.7 Å². The minimum atomic E-state index is -0.0467. The molecule has 1 aliphatic carbocycles. The van der Waals surface area contributed by atoms with Crippen molar-refractivity contribution in [2.75, 3.05) is 46.3 Å². The highest BCUT2D eigenvalue weighted by Gasteiger charge is 2.29. The van der Waals surface area contributed by atoms with Crippen molar-refractivity contribution in [3.8, 4) is 0 Å². The number of amidine groups is 1. The van der Waals surface area contributed by atoms with Crippen LogP contribution >= 0.6 is 11.8 Å². The number of piperazine rings is 1. The highest BCUT2D eigenvalue weighted by Crippen LogP contribution is 2.32. The van der Waals surface area contributed by atoms with Crippen LogP contribution in [0.2, 0.25) is 0 Å². The highest BCUT2D eigenvalue weighted by atomic mass is 32.2. The van der Waals surface area contributed by atoms with Crippen molar-refractivity contribution in [2.24, 2.45) is 32.5 Å². The molecular weight excluding hydrogens is 482 g/mol. The molecule has 3 aliphatic heterocycles. The lowest BCUT2D eigenvalue weighted by molar-refractivity contribution is 0.240. The first-order chi connectivity index (χ1) is 18.0. The first-order valence-electron chi connectivity index (χ1n) is 13.4. The number of nitrogens with one attached hydrogen (secondary N) is 3. The van der Waals surface area contributed by atoms with Crippen LogP contribution in [0.25, 0.3) is 0 Å². The van der Waals surface area contributed by atoms with Crippen molar-refractivity contribution in [2.45, 2.75) is 45.1 Å². The second-order valence-corrected chi connectivity index (χ2v) is 11.2. The van der Waals surface area contributed by atoms with E-state index < -0.39 is 0 Å². The maximum Gasteiger partial charge on any atom is 0.167 e. The molecule has 10 heteroatoms. The molecule has 2 unspecified atom stereocenters. The summed E-state index contributed by atoms with van der Waals surface area (Å²) in [5, 5.41) is 21.3. The van der Waals surface area contributed by atoms with E-state index in [9.17, 15) is 0 Å². The molecular formula is C27H41N9S. The minimum Gasteiger partial charge on any atom is -0.404 e. The molecule has 200 valence electrons. The zero-order valence-electron chi connectivity index (χ0n) is 22.1. The van der Waals surface area contributed by atoms with Gasteiger partial charge in [-0.05, 0) is 49.7 Å². The first kappa shape index (κ1) is 27.5. The van der Waals surface area contributed by atoms with E-state index in [1.807, 2.05) is 25.6 Å². The Balaban J connectivity index is 1.36. The number of dihydropyridines is 1. The topological polar surface area (TPSA) is 129 Å². The van der Waals surface area contributed by atoms with Crippen molar-refractivity contribution < 1.29 is 0 Å². The van der Waals surface area contributed by atoms with Crippen LogP contribution in [0.4, 0.5) is 0 Å². The van der Waals surface area contributed by atoms with Crippen molar-refractivity contribution >= 4 is 40.1 Å². The maximum absolute atomic E-state index is 8.58. The molecule has 4 rings (SSSR count). The molecule has 0 aromatic carbocycles. The highest BCUT2D eigenvalue weighted by molar-refractivity contribution is 8.26. The second-order valence-electron chi connectivity index (χ2n) is 10.2. The average Bonchev–Trinajstić information content (AvgIpc) is 3.46. The number of rotatable bonds is 8. The normalized spacial score (nSPS) is 25.0. The molecule has 2 fully saturated rings. The third-order valence-electron chi connectivity index (χ3n) is 7.43. The number of thioether (sulfide) groups is 1. The smallest absolute Gasteiger partial charge is 0.167 e. The summed E-state index contributed by atoms with van der Waals surface area (Å²) in [5.74, 6) is 1.18. The quantitative estimate of drug-likeness (QED) is 0.220. The third kappa shape index (κ3) is 7.27. The Kier molecular flexibility index (Phi) is 9.88. The van der Waals surface area contributed by atoms with Gasteiger partial charge in [0.05, 0.1) is 16.8 Å². The van der Waals surface area contributed by atoms with Crippen molar-refractivity contribution in [3.63, 3.8) is 0 Å². The van der Waals surface area contributed by atoms with Gasteiger partial charge in [-0.2, -0.15) is 0 Å². The van der Waals surface area contributed by atoms with Crippen LogP contribution in [0.5, 0.6) is 0 Å². The molecule has 0 amide bonds. The summed E-state index contributed by atoms with van der Waals surface area (Å²) in [6, 6.07) is -0.0467. The zero-order chi connectivity index (χ0) is 26.2. The standard InChI is InChI=1S/C27H41N9S/c1-19-14-24(35(2)27(30)37-26(29)20-6-3-4-7-20)34-23-15-21(18-33-25(19)23)22(16-28)17-32-8-5-11-36-12-9-31-10-13-36/h14-20,25,29-31H,3-13,28H2,1-2H3. The molecule has 0 aromatic rings. The minimum absolute atomic E-state index is 0.0467. The lowest BCUT2D eigenvalue weighted by Gasteiger charge is -2.30. The Morgan fingerprint density at radius 1 is 1.30 bits per heavy atom. The molecule has 4 aliphatic rings. The van der Waals surface area contributed by atoms with Gasteiger partial charge in [0, 0.05) is 81.4 Å². The van der Waals surface area contributed by atoms with Gasteiger partial charge >= 0.3 is 0 Å². The number of hydrogen-bond donors (Lipinski definition) is 4. The van der Waals surface area contributed by atoms with Crippen LogP contribution in [0.3, 0.4) is 0 Å². The summed E-state index contributed by atoms with van der Waals surface area (Å²) in [6.45, 7) is 8.30. The molecule has 9 nitrogen and oxygen atoms in total. The van der Waals surface area contributed by atoms with E-state index in [1.165, 1.54) is 24.6 Å². The predicted molar refractivity (Wildman–Crippen MR) is 157 cm³/mol. The van der Waals surface area contributed by atoms with Crippen LogP contribution in [0.15, 0.2) is 50.3 Å². The molecule has 0 aromatic heterocycles. The largest absolute Gasteiger partial charge is 0.404 e. The summed E-state index contributed by atoms with van der Waals surface area (Å²) in [6.07, 6.45) is 14.9. The number of fused-ring (bicyclic) bond motifs is 1. The van der Waals surface area contributed by atoms with Gasteiger partial charge < -0.3 is 20.9 Å². The number of nitrogens with zero attached hydrogens (tertiary/aromatic N) is 5. The van der Waals surface area contributed by atoms with Gasteiger partial charge in [0.1, 0.15) is 5.82 Å². The van der Waals surface area contributed by atoms with Gasteiger partial charge in [0.25, 0.3) is 0 Å². The van der Waals surface area contributed by atoms with Crippen LogP contribution in [-0.4, -0.2) is 90.5 Å². The predicted octanol–water partition coefficient (Wildman–Crippen LogP) is 3.27. The SMILES string of the molecule is CC1C=C(N(C)C(=N)SC(=N)C2CCCC2)N=C2C=C(C(C=NCCCN3CCNCC3)=CN)C=NC21. The van der Waals surface area contributed by atoms with Crippen LogP contribution in [-0.2, 0) is 0 Å². The molecule has 0 bridgehead atoms. The van der Waals surface area contributed by atoms with Gasteiger partial charge in [-0.25, -0.2) is 4.99 Å². The number of allylic oxidation sites excluding steroid dienone is 2. The average molecular weight is 524 g/mol. The van der Waals surface area contributed by atoms with E-state index in [4.69, 9.17) is 26.5 Å². The second kappa shape index (κ2) is 13.3. The number of aliphatic imine (C=N–C) groups is 3. The number of hydrogen-bond acceptors (Lipinski definition) is 9.